The third-order valence-corrected chi connectivity index (χ3v) is 2.86. The van der Waals surface area contributed by atoms with Gasteiger partial charge in [-0.1, -0.05) is 13.8 Å². The van der Waals surface area contributed by atoms with Crippen molar-refractivity contribution in [3.05, 3.63) is 0 Å². The average Bonchev–Trinajstić information content (AvgIpc) is 2.05. The lowest BCUT2D eigenvalue weighted by Crippen LogP contribution is -2.22. The van der Waals surface area contributed by atoms with E-state index in [1.807, 2.05) is 13.8 Å². The van der Waals surface area contributed by atoms with Gasteiger partial charge in [0.1, 0.15) is 0 Å². The Morgan fingerprint density at radius 2 is 2.00 bits per heavy atom. The van der Waals surface area contributed by atoms with Gasteiger partial charge in [-0.25, -0.2) is 0 Å². The van der Waals surface area contributed by atoms with Crippen molar-refractivity contribution in [2.24, 2.45) is 11.3 Å². The van der Waals surface area contributed by atoms with Crippen LogP contribution in [0, 0.1) is 11.3 Å². The van der Waals surface area contributed by atoms with Crippen LogP contribution in [0.2, 0.25) is 0 Å². The van der Waals surface area contributed by atoms with Gasteiger partial charge >= 0.3 is 0 Å². The average molecular weight is 170 g/mol. The predicted molar refractivity (Wildman–Crippen MR) is 52.0 cm³/mol. The molecule has 1 aliphatic rings. The maximum absolute atomic E-state index is 9.65. The Kier molecular flexibility index (Phi) is 2.53. The molecule has 0 aromatic rings. The minimum Gasteiger partial charge on any atom is -0.390 e. The zero-order valence-electron chi connectivity index (χ0n) is 8.85. The molecule has 1 N–H and O–H groups in total. The first-order valence-electron chi connectivity index (χ1n) is 5.01. The van der Waals surface area contributed by atoms with E-state index in [4.69, 9.17) is 0 Å². The third-order valence-electron chi connectivity index (χ3n) is 2.86. The molecule has 12 heavy (non-hydrogen) atoms. The molecule has 0 bridgehead atoms. The summed E-state index contributed by atoms with van der Waals surface area (Å²) in [5.74, 6) is 0.750. The molecule has 1 fully saturated rings. The van der Waals surface area contributed by atoms with Crippen LogP contribution >= 0.6 is 0 Å². The van der Waals surface area contributed by atoms with E-state index in [2.05, 4.69) is 13.8 Å². The van der Waals surface area contributed by atoms with Crippen LogP contribution < -0.4 is 0 Å². The highest BCUT2D eigenvalue weighted by Crippen LogP contribution is 2.43. The maximum atomic E-state index is 9.65. The summed E-state index contributed by atoms with van der Waals surface area (Å²) in [6, 6.07) is 0. The van der Waals surface area contributed by atoms with Crippen LogP contribution in [0.1, 0.15) is 53.4 Å². The van der Waals surface area contributed by atoms with E-state index in [0.717, 1.165) is 12.3 Å². The second-order valence-electron chi connectivity index (χ2n) is 5.79. The minimum atomic E-state index is -0.467. The molecule has 1 atom stereocenters. The number of aliphatic hydroxyl groups is 1. The molecule has 0 aromatic carbocycles. The van der Waals surface area contributed by atoms with Crippen molar-refractivity contribution < 1.29 is 5.11 Å². The van der Waals surface area contributed by atoms with Gasteiger partial charge in [-0.2, -0.15) is 0 Å². The number of rotatable bonds is 2. The van der Waals surface area contributed by atoms with E-state index in [0.29, 0.717) is 5.41 Å². The zero-order chi connectivity index (χ0) is 9.41. The lowest BCUT2D eigenvalue weighted by Gasteiger charge is -2.23. The lowest BCUT2D eigenvalue weighted by atomic mass is 9.87. The van der Waals surface area contributed by atoms with E-state index < -0.39 is 5.60 Å². The van der Waals surface area contributed by atoms with Crippen LogP contribution in [0.5, 0.6) is 0 Å². The molecule has 1 rings (SSSR count). The maximum Gasteiger partial charge on any atom is 0.0594 e. The quantitative estimate of drug-likeness (QED) is 0.675. The highest BCUT2D eigenvalue weighted by atomic mass is 16.3. The molecule has 0 radical (unpaired) electrons. The fraction of sp³-hybridized carbons (Fsp3) is 1.00. The van der Waals surface area contributed by atoms with Gasteiger partial charge in [-0.3, -0.25) is 0 Å². The van der Waals surface area contributed by atoms with Gasteiger partial charge in [-0.15, -0.1) is 0 Å². The highest BCUT2D eigenvalue weighted by Gasteiger charge is 2.33. The predicted octanol–water partition coefficient (Wildman–Crippen LogP) is 2.97. The van der Waals surface area contributed by atoms with Crippen molar-refractivity contribution in [3.8, 4) is 0 Å². The second-order valence-corrected chi connectivity index (χ2v) is 5.79. The van der Waals surface area contributed by atoms with Gasteiger partial charge in [0.15, 0.2) is 0 Å². The van der Waals surface area contributed by atoms with Gasteiger partial charge in [0.25, 0.3) is 0 Å². The molecular formula is C11H22O. The topological polar surface area (TPSA) is 20.2 Å². The molecule has 1 aliphatic carbocycles. The molecule has 0 spiro atoms. The summed E-state index contributed by atoms with van der Waals surface area (Å²) < 4.78 is 0. The van der Waals surface area contributed by atoms with Crippen molar-refractivity contribution in [2.45, 2.75) is 59.0 Å². The Hall–Kier alpha value is -0.0400. The van der Waals surface area contributed by atoms with Crippen molar-refractivity contribution in [2.75, 3.05) is 0 Å². The first kappa shape index (κ1) is 10.0. The second kappa shape index (κ2) is 3.02. The van der Waals surface area contributed by atoms with Crippen molar-refractivity contribution in [3.63, 3.8) is 0 Å². The Labute approximate surface area is 76.2 Å². The Morgan fingerprint density at radius 1 is 1.42 bits per heavy atom. The summed E-state index contributed by atoms with van der Waals surface area (Å²) in [5, 5.41) is 9.65. The first-order valence-corrected chi connectivity index (χ1v) is 5.01. The molecule has 0 aromatic heterocycles. The number of hydrogen-bond donors (Lipinski definition) is 1. The van der Waals surface area contributed by atoms with Gasteiger partial charge < -0.3 is 5.11 Å². The van der Waals surface area contributed by atoms with Gasteiger partial charge in [0.05, 0.1) is 5.60 Å². The Bertz CT molecular complexity index is 153. The van der Waals surface area contributed by atoms with Crippen molar-refractivity contribution in [1.29, 1.82) is 0 Å². The SMILES string of the molecule is CC(C)(O)CC1CCC(C)(C)C1. The van der Waals surface area contributed by atoms with Crippen LogP contribution in [0.3, 0.4) is 0 Å². The molecular weight excluding hydrogens is 148 g/mol. The van der Waals surface area contributed by atoms with Gasteiger partial charge in [0.2, 0.25) is 0 Å². The molecule has 1 heteroatoms. The van der Waals surface area contributed by atoms with Crippen LogP contribution in [-0.4, -0.2) is 10.7 Å². The van der Waals surface area contributed by atoms with Gasteiger partial charge in [0, 0.05) is 0 Å². The molecule has 0 aliphatic heterocycles. The summed E-state index contributed by atoms with van der Waals surface area (Å²) in [4.78, 5) is 0. The summed E-state index contributed by atoms with van der Waals surface area (Å²) in [5.41, 5.74) is 0.0566. The largest absolute Gasteiger partial charge is 0.390 e. The monoisotopic (exact) mass is 170 g/mol. The zero-order valence-corrected chi connectivity index (χ0v) is 8.85. The standard InChI is InChI=1S/C11H22O/c1-10(2)6-5-9(7-10)8-11(3,4)12/h9,12H,5-8H2,1-4H3. The summed E-state index contributed by atoms with van der Waals surface area (Å²) >= 11 is 0. The summed E-state index contributed by atoms with van der Waals surface area (Å²) in [6.07, 6.45) is 4.89. The molecule has 1 saturated carbocycles. The lowest BCUT2D eigenvalue weighted by molar-refractivity contribution is 0.0520. The van der Waals surface area contributed by atoms with Crippen LogP contribution in [-0.2, 0) is 0 Å². The number of hydrogen-bond acceptors (Lipinski definition) is 1. The summed E-state index contributed by atoms with van der Waals surface area (Å²) in [7, 11) is 0. The normalized spacial score (nSPS) is 29.2. The first-order chi connectivity index (χ1) is 5.29. The fourth-order valence-corrected chi connectivity index (χ4v) is 2.46. The minimum absolute atomic E-state index is 0.467. The summed E-state index contributed by atoms with van der Waals surface area (Å²) in [6.45, 7) is 8.49. The molecule has 72 valence electrons. The van der Waals surface area contributed by atoms with Crippen LogP contribution in [0.15, 0.2) is 0 Å². The van der Waals surface area contributed by atoms with Crippen molar-refractivity contribution >= 4 is 0 Å². The smallest absolute Gasteiger partial charge is 0.0594 e. The van der Waals surface area contributed by atoms with Crippen LogP contribution in [0.4, 0.5) is 0 Å². The Balaban J connectivity index is 2.39. The fourth-order valence-electron chi connectivity index (χ4n) is 2.46. The van der Waals surface area contributed by atoms with E-state index in [9.17, 15) is 5.11 Å². The molecule has 0 heterocycles. The third kappa shape index (κ3) is 3.14. The molecule has 0 amide bonds. The molecule has 1 nitrogen and oxygen atoms in total. The molecule has 0 saturated heterocycles. The van der Waals surface area contributed by atoms with Gasteiger partial charge in [-0.05, 0) is 50.9 Å². The van der Waals surface area contributed by atoms with E-state index in [1.165, 1.54) is 19.3 Å². The van der Waals surface area contributed by atoms with E-state index in [1.54, 1.807) is 0 Å². The highest BCUT2D eigenvalue weighted by molar-refractivity contribution is 4.85. The van der Waals surface area contributed by atoms with Crippen LogP contribution in [0.25, 0.3) is 0 Å². The molecule has 1 unspecified atom stereocenters. The Morgan fingerprint density at radius 3 is 2.33 bits per heavy atom. The van der Waals surface area contributed by atoms with E-state index >= 15 is 0 Å². The van der Waals surface area contributed by atoms with E-state index in [-0.39, 0.29) is 0 Å². The van der Waals surface area contributed by atoms with Crippen molar-refractivity contribution in [1.82, 2.24) is 0 Å².